The molecule has 0 aliphatic heterocycles. The maximum absolute atomic E-state index is 12.5. The highest BCUT2D eigenvalue weighted by Crippen LogP contribution is 2.32. The van der Waals surface area contributed by atoms with Gasteiger partial charge in [-0.05, 0) is 18.2 Å². The summed E-state index contributed by atoms with van der Waals surface area (Å²) in [6.45, 7) is 5.19. The molecule has 0 aliphatic carbocycles. The number of ketones is 1. The predicted molar refractivity (Wildman–Crippen MR) is 99.8 cm³/mol. The zero-order valence-corrected chi connectivity index (χ0v) is 15.2. The maximum Gasteiger partial charge on any atom is 0.339 e. The zero-order valence-electron chi connectivity index (χ0n) is 14.4. The van der Waals surface area contributed by atoms with Gasteiger partial charge in [-0.25, -0.2) is 9.78 Å². The largest absolute Gasteiger partial charge is 0.454 e. The molecule has 1 aromatic heterocycles. The van der Waals surface area contributed by atoms with Crippen LogP contribution in [-0.4, -0.2) is 23.3 Å². The number of Topliss-reactive ketones (excluding diaryl/α,β-unsaturated/α-hetero) is 1. The molecule has 0 bridgehead atoms. The van der Waals surface area contributed by atoms with Crippen LogP contribution in [0.2, 0.25) is 0 Å². The summed E-state index contributed by atoms with van der Waals surface area (Å²) in [5, 5.41) is 0.760. The summed E-state index contributed by atoms with van der Waals surface area (Å²) >= 11 is 1.52. The Balaban J connectivity index is 1.88. The Morgan fingerprint density at radius 3 is 2.44 bits per heavy atom. The van der Waals surface area contributed by atoms with E-state index < -0.39 is 11.4 Å². The molecule has 128 valence electrons. The monoisotopic (exact) mass is 353 g/mol. The average molecular weight is 353 g/mol. The zero-order chi connectivity index (χ0) is 18.0. The van der Waals surface area contributed by atoms with E-state index in [4.69, 9.17) is 4.74 Å². The molecule has 3 rings (SSSR count). The van der Waals surface area contributed by atoms with E-state index in [1.54, 1.807) is 32.9 Å². The minimum atomic E-state index is -0.535. The predicted octanol–water partition coefficient (Wildman–Crippen LogP) is 4.74. The van der Waals surface area contributed by atoms with Crippen molar-refractivity contribution < 1.29 is 14.3 Å². The molecule has 4 nitrogen and oxygen atoms in total. The number of carbonyl (C=O) groups is 2. The fourth-order valence-corrected chi connectivity index (χ4v) is 3.27. The Labute approximate surface area is 150 Å². The molecule has 3 aromatic rings. The van der Waals surface area contributed by atoms with Gasteiger partial charge >= 0.3 is 5.97 Å². The van der Waals surface area contributed by atoms with Gasteiger partial charge in [-0.2, -0.15) is 0 Å². The van der Waals surface area contributed by atoms with Crippen LogP contribution in [-0.2, 0) is 9.53 Å². The highest BCUT2D eigenvalue weighted by Gasteiger charge is 2.24. The van der Waals surface area contributed by atoms with Crippen molar-refractivity contribution >= 4 is 33.3 Å². The topological polar surface area (TPSA) is 56.3 Å². The second kappa shape index (κ2) is 6.76. The average Bonchev–Trinajstić information content (AvgIpc) is 3.02. The summed E-state index contributed by atoms with van der Waals surface area (Å²) in [6, 6.07) is 15.0. The number of thiazole rings is 1. The molecule has 0 N–H and O–H groups in total. The van der Waals surface area contributed by atoms with Crippen LogP contribution in [0, 0.1) is 5.41 Å². The number of hydrogen-bond donors (Lipinski definition) is 0. The van der Waals surface area contributed by atoms with Crippen molar-refractivity contribution in [1.29, 1.82) is 0 Å². The number of aromatic nitrogens is 1. The summed E-state index contributed by atoms with van der Waals surface area (Å²) in [5.41, 5.74) is 1.50. The summed E-state index contributed by atoms with van der Waals surface area (Å²) in [4.78, 5) is 29.1. The SMILES string of the molecule is CC(C)(C)C(=O)COC(=O)c1ccccc1-c1nc2ccccc2s1. The number of rotatable bonds is 4. The lowest BCUT2D eigenvalue weighted by Crippen LogP contribution is -2.26. The molecule has 0 saturated carbocycles. The Bertz CT molecular complexity index is 904. The van der Waals surface area contributed by atoms with Gasteiger partial charge in [0.05, 0.1) is 15.8 Å². The minimum Gasteiger partial charge on any atom is -0.454 e. The van der Waals surface area contributed by atoms with Crippen LogP contribution in [0.15, 0.2) is 48.5 Å². The molecule has 2 aromatic carbocycles. The normalized spacial score (nSPS) is 11.5. The molecular formula is C20H19NO3S. The van der Waals surface area contributed by atoms with Crippen molar-refractivity contribution in [1.82, 2.24) is 4.98 Å². The number of para-hydroxylation sites is 1. The van der Waals surface area contributed by atoms with E-state index in [2.05, 4.69) is 4.98 Å². The van der Waals surface area contributed by atoms with Crippen molar-refractivity contribution in [2.75, 3.05) is 6.61 Å². The van der Waals surface area contributed by atoms with Gasteiger partial charge in [0.2, 0.25) is 0 Å². The fraction of sp³-hybridized carbons (Fsp3) is 0.250. The van der Waals surface area contributed by atoms with E-state index in [9.17, 15) is 9.59 Å². The molecule has 0 amide bonds. The standard InChI is InChI=1S/C20H19NO3S/c1-20(2,3)17(22)12-24-19(23)14-9-5-4-8-13(14)18-21-15-10-6-7-11-16(15)25-18/h4-11H,12H2,1-3H3. The van der Waals surface area contributed by atoms with E-state index in [1.807, 2.05) is 36.4 Å². The molecule has 0 fully saturated rings. The quantitative estimate of drug-likeness (QED) is 0.636. The number of fused-ring (bicyclic) bond motifs is 1. The Morgan fingerprint density at radius 2 is 1.72 bits per heavy atom. The summed E-state index contributed by atoms with van der Waals surface area (Å²) in [6.07, 6.45) is 0. The molecule has 0 radical (unpaired) electrons. The Hall–Kier alpha value is -2.53. The van der Waals surface area contributed by atoms with Crippen molar-refractivity contribution in [2.24, 2.45) is 5.41 Å². The van der Waals surface area contributed by atoms with Crippen molar-refractivity contribution in [2.45, 2.75) is 20.8 Å². The molecule has 5 heteroatoms. The Kier molecular flexibility index (Phi) is 4.68. The summed E-state index contributed by atoms with van der Waals surface area (Å²) in [5.74, 6) is -0.620. The number of ether oxygens (including phenoxy) is 1. The van der Waals surface area contributed by atoms with Crippen molar-refractivity contribution in [3.05, 3.63) is 54.1 Å². The smallest absolute Gasteiger partial charge is 0.339 e. The number of nitrogens with zero attached hydrogens (tertiary/aromatic N) is 1. The van der Waals surface area contributed by atoms with Crippen molar-refractivity contribution in [3.8, 4) is 10.6 Å². The van der Waals surface area contributed by atoms with Crippen LogP contribution in [0.5, 0.6) is 0 Å². The van der Waals surface area contributed by atoms with E-state index in [1.165, 1.54) is 11.3 Å². The first-order valence-electron chi connectivity index (χ1n) is 8.01. The third-order valence-electron chi connectivity index (χ3n) is 3.84. The molecule has 0 spiro atoms. The first kappa shape index (κ1) is 17.3. The summed E-state index contributed by atoms with van der Waals surface area (Å²) in [7, 11) is 0. The van der Waals surface area contributed by atoms with Crippen LogP contribution in [0.3, 0.4) is 0 Å². The van der Waals surface area contributed by atoms with Crippen molar-refractivity contribution in [3.63, 3.8) is 0 Å². The number of esters is 1. The lowest BCUT2D eigenvalue weighted by atomic mass is 9.91. The van der Waals surface area contributed by atoms with Gasteiger partial charge in [0.1, 0.15) is 5.01 Å². The lowest BCUT2D eigenvalue weighted by Gasteiger charge is -2.16. The van der Waals surface area contributed by atoms with E-state index in [-0.39, 0.29) is 12.4 Å². The second-order valence-electron chi connectivity index (χ2n) is 6.78. The molecule has 0 unspecified atom stereocenters. The number of hydrogen-bond acceptors (Lipinski definition) is 5. The third kappa shape index (κ3) is 3.77. The molecule has 0 atom stereocenters. The van der Waals surface area contributed by atoms with Gasteiger partial charge in [0.25, 0.3) is 0 Å². The van der Waals surface area contributed by atoms with Gasteiger partial charge in [-0.15, -0.1) is 11.3 Å². The maximum atomic E-state index is 12.5. The third-order valence-corrected chi connectivity index (χ3v) is 4.91. The van der Waals surface area contributed by atoms with Gasteiger partial charge in [0.15, 0.2) is 12.4 Å². The highest BCUT2D eigenvalue weighted by atomic mass is 32.1. The van der Waals surface area contributed by atoms with Crippen LogP contribution >= 0.6 is 11.3 Å². The second-order valence-corrected chi connectivity index (χ2v) is 7.81. The first-order valence-corrected chi connectivity index (χ1v) is 8.83. The van der Waals surface area contributed by atoms with E-state index >= 15 is 0 Å². The van der Waals surface area contributed by atoms with E-state index in [0.717, 1.165) is 20.8 Å². The van der Waals surface area contributed by atoms with Gasteiger partial charge in [-0.1, -0.05) is 51.1 Å². The lowest BCUT2D eigenvalue weighted by molar-refractivity contribution is -0.129. The van der Waals surface area contributed by atoms with Gasteiger partial charge < -0.3 is 4.74 Å². The van der Waals surface area contributed by atoms with Crippen LogP contribution in [0.1, 0.15) is 31.1 Å². The molecule has 0 aliphatic rings. The van der Waals surface area contributed by atoms with Gasteiger partial charge in [-0.3, -0.25) is 4.79 Å². The molecule has 25 heavy (non-hydrogen) atoms. The number of carbonyl (C=O) groups excluding carboxylic acids is 2. The van der Waals surface area contributed by atoms with E-state index in [0.29, 0.717) is 5.56 Å². The summed E-state index contributed by atoms with van der Waals surface area (Å²) < 4.78 is 6.30. The molecule has 0 saturated heterocycles. The van der Waals surface area contributed by atoms with Crippen LogP contribution in [0.25, 0.3) is 20.8 Å². The Morgan fingerprint density at radius 1 is 1.04 bits per heavy atom. The highest BCUT2D eigenvalue weighted by molar-refractivity contribution is 7.21. The fourth-order valence-electron chi connectivity index (χ4n) is 2.26. The van der Waals surface area contributed by atoms with Gasteiger partial charge in [0, 0.05) is 11.0 Å². The molecular weight excluding hydrogens is 334 g/mol. The van der Waals surface area contributed by atoms with Crippen LogP contribution < -0.4 is 0 Å². The minimum absolute atomic E-state index is 0.113. The number of benzene rings is 2. The first-order chi connectivity index (χ1) is 11.9. The van der Waals surface area contributed by atoms with Crippen LogP contribution in [0.4, 0.5) is 0 Å². The molecule has 1 heterocycles.